The molecule has 2 rings (SSSR count). The Balaban J connectivity index is 1.93. The zero-order chi connectivity index (χ0) is 16.1. The van der Waals surface area contributed by atoms with Gasteiger partial charge in [-0.3, -0.25) is 4.79 Å². The van der Waals surface area contributed by atoms with Crippen molar-refractivity contribution < 1.29 is 14.7 Å². The first-order chi connectivity index (χ1) is 10.5. The molecule has 0 spiro atoms. The fourth-order valence-corrected chi connectivity index (χ4v) is 3.22. The van der Waals surface area contributed by atoms with Crippen LogP contribution in [0.4, 0.5) is 0 Å². The molecule has 1 heterocycles. The molecule has 0 aliphatic rings. The molecule has 1 N–H and O–H groups in total. The first-order valence-corrected chi connectivity index (χ1v) is 7.89. The van der Waals surface area contributed by atoms with Crippen molar-refractivity contribution in [2.75, 3.05) is 7.05 Å². The quantitative estimate of drug-likeness (QED) is 0.889. The molecule has 4 nitrogen and oxygen atoms in total. The Labute approximate surface area is 134 Å². The maximum atomic E-state index is 12.2. The third-order valence-corrected chi connectivity index (χ3v) is 4.46. The molecule has 0 atom stereocenters. The number of hydrogen-bond acceptors (Lipinski definition) is 3. The van der Waals surface area contributed by atoms with Gasteiger partial charge in [-0.1, -0.05) is 18.2 Å². The second-order valence-corrected chi connectivity index (χ2v) is 6.60. The minimum atomic E-state index is -0.953. The van der Waals surface area contributed by atoms with Gasteiger partial charge in [0.05, 0.1) is 12.1 Å². The standard InChI is InChI=1S/C17H19NO3S/c1-12-7-9-14(22-12)11-18(2)16(19)10-8-13-5-3-4-6-15(13)17(20)21/h3-7,9H,8,10-11H2,1-2H3,(H,20,21). The zero-order valence-corrected chi connectivity index (χ0v) is 13.5. The number of carbonyl (C=O) groups is 2. The van der Waals surface area contributed by atoms with Crippen molar-refractivity contribution in [3.63, 3.8) is 0 Å². The summed E-state index contributed by atoms with van der Waals surface area (Å²) >= 11 is 1.68. The Morgan fingerprint density at radius 2 is 1.91 bits per heavy atom. The van der Waals surface area contributed by atoms with E-state index < -0.39 is 5.97 Å². The Morgan fingerprint density at radius 3 is 2.55 bits per heavy atom. The largest absolute Gasteiger partial charge is 0.478 e. The normalized spacial score (nSPS) is 10.5. The van der Waals surface area contributed by atoms with E-state index in [0.717, 1.165) is 4.88 Å². The van der Waals surface area contributed by atoms with E-state index in [9.17, 15) is 9.59 Å². The molecule has 0 radical (unpaired) electrons. The number of carboxylic acids is 1. The smallest absolute Gasteiger partial charge is 0.335 e. The molecule has 1 amide bonds. The van der Waals surface area contributed by atoms with Gasteiger partial charge in [0.25, 0.3) is 0 Å². The van der Waals surface area contributed by atoms with Crippen molar-refractivity contribution >= 4 is 23.2 Å². The van der Waals surface area contributed by atoms with Gasteiger partial charge in [0.2, 0.25) is 5.91 Å². The van der Waals surface area contributed by atoms with E-state index in [2.05, 4.69) is 0 Å². The molecule has 5 heteroatoms. The number of aryl methyl sites for hydroxylation is 2. The van der Waals surface area contributed by atoms with Crippen LogP contribution in [-0.2, 0) is 17.8 Å². The third-order valence-electron chi connectivity index (χ3n) is 3.47. The fourth-order valence-electron chi connectivity index (χ4n) is 2.27. The molecule has 2 aromatic rings. The summed E-state index contributed by atoms with van der Waals surface area (Å²) in [6.45, 7) is 2.64. The number of benzene rings is 1. The lowest BCUT2D eigenvalue weighted by Gasteiger charge is -2.16. The number of carboxylic acid groups (broad SMARTS) is 1. The van der Waals surface area contributed by atoms with E-state index in [0.29, 0.717) is 24.9 Å². The van der Waals surface area contributed by atoms with Crippen molar-refractivity contribution in [1.29, 1.82) is 0 Å². The zero-order valence-electron chi connectivity index (χ0n) is 12.7. The number of nitrogens with zero attached hydrogens (tertiary/aromatic N) is 1. The first-order valence-electron chi connectivity index (χ1n) is 7.08. The molecular weight excluding hydrogens is 298 g/mol. The summed E-state index contributed by atoms with van der Waals surface area (Å²) in [6, 6.07) is 10.9. The van der Waals surface area contributed by atoms with E-state index in [1.165, 1.54) is 4.88 Å². The Hall–Kier alpha value is -2.14. The topological polar surface area (TPSA) is 57.6 Å². The van der Waals surface area contributed by atoms with Crippen molar-refractivity contribution in [3.05, 3.63) is 57.3 Å². The molecule has 0 bridgehead atoms. The van der Waals surface area contributed by atoms with Crippen LogP contribution in [-0.4, -0.2) is 28.9 Å². The average Bonchev–Trinajstić information content (AvgIpc) is 2.90. The Morgan fingerprint density at radius 1 is 1.18 bits per heavy atom. The number of rotatable bonds is 6. The van der Waals surface area contributed by atoms with Gasteiger partial charge in [-0.15, -0.1) is 11.3 Å². The maximum absolute atomic E-state index is 12.2. The number of thiophene rings is 1. The molecule has 0 fully saturated rings. The molecular formula is C17H19NO3S. The molecule has 0 aliphatic carbocycles. The van der Waals surface area contributed by atoms with Gasteiger partial charge in [0.15, 0.2) is 0 Å². The highest BCUT2D eigenvalue weighted by Crippen LogP contribution is 2.17. The van der Waals surface area contributed by atoms with Crippen LogP contribution in [0.25, 0.3) is 0 Å². The molecule has 0 aliphatic heterocycles. The molecule has 0 unspecified atom stereocenters. The van der Waals surface area contributed by atoms with Crippen molar-refractivity contribution in [1.82, 2.24) is 4.90 Å². The van der Waals surface area contributed by atoms with Gasteiger partial charge in [-0.25, -0.2) is 4.79 Å². The van der Waals surface area contributed by atoms with Crippen LogP contribution in [0.5, 0.6) is 0 Å². The van der Waals surface area contributed by atoms with E-state index >= 15 is 0 Å². The van der Waals surface area contributed by atoms with Gasteiger partial charge in [-0.05, 0) is 37.1 Å². The second kappa shape index (κ2) is 7.22. The lowest BCUT2D eigenvalue weighted by atomic mass is 10.0. The predicted molar refractivity (Wildman–Crippen MR) is 87.3 cm³/mol. The average molecular weight is 317 g/mol. The van der Waals surface area contributed by atoms with Crippen LogP contribution < -0.4 is 0 Å². The van der Waals surface area contributed by atoms with Crippen LogP contribution in [0.2, 0.25) is 0 Å². The van der Waals surface area contributed by atoms with E-state index in [1.54, 1.807) is 47.5 Å². The summed E-state index contributed by atoms with van der Waals surface area (Å²) in [4.78, 5) is 27.4. The SMILES string of the molecule is Cc1ccc(CN(C)C(=O)CCc2ccccc2C(=O)O)s1. The summed E-state index contributed by atoms with van der Waals surface area (Å²) < 4.78 is 0. The number of carbonyl (C=O) groups excluding carboxylic acids is 1. The molecule has 1 aromatic heterocycles. The molecule has 22 heavy (non-hydrogen) atoms. The molecule has 0 saturated heterocycles. The third kappa shape index (κ3) is 4.18. The minimum absolute atomic E-state index is 0.0197. The lowest BCUT2D eigenvalue weighted by molar-refractivity contribution is -0.130. The summed E-state index contributed by atoms with van der Waals surface area (Å²) in [5.41, 5.74) is 0.968. The summed E-state index contributed by atoms with van der Waals surface area (Å²) in [5.74, 6) is -0.934. The van der Waals surface area contributed by atoms with Crippen molar-refractivity contribution in [3.8, 4) is 0 Å². The monoisotopic (exact) mass is 317 g/mol. The fraction of sp³-hybridized carbons (Fsp3) is 0.294. The highest BCUT2D eigenvalue weighted by molar-refractivity contribution is 7.11. The summed E-state index contributed by atoms with van der Waals surface area (Å²) in [7, 11) is 1.78. The second-order valence-electron chi connectivity index (χ2n) is 5.22. The number of hydrogen-bond donors (Lipinski definition) is 1. The first kappa shape index (κ1) is 16.2. The molecule has 116 valence electrons. The Bertz CT molecular complexity index is 678. The van der Waals surface area contributed by atoms with Gasteiger partial charge < -0.3 is 10.0 Å². The lowest BCUT2D eigenvalue weighted by Crippen LogP contribution is -2.26. The molecule has 0 saturated carbocycles. The van der Waals surface area contributed by atoms with Gasteiger partial charge >= 0.3 is 5.97 Å². The van der Waals surface area contributed by atoms with E-state index in [4.69, 9.17) is 5.11 Å². The minimum Gasteiger partial charge on any atom is -0.478 e. The van der Waals surface area contributed by atoms with E-state index in [1.807, 2.05) is 19.1 Å². The summed E-state index contributed by atoms with van der Waals surface area (Å²) in [5, 5.41) is 9.14. The van der Waals surface area contributed by atoms with Crippen LogP contribution >= 0.6 is 11.3 Å². The maximum Gasteiger partial charge on any atom is 0.335 e. The Kier molecular flexibility index (Phi) is 5.33. The van der Waals surface area contributed by atoms with Gasteiger partial charge in [0, 0.05) is 23.2 Å². The van der Waals surface area contributed by atoms with Gasteiger partial charge in [0.1, 0.15) is 0 Å². The van der Waals surface area contributed by atoms with Crippen molar-refractivity contribution in [2.45, 2.75) is 26.3 Å². The van der Waals surface area contributed by atoms with Crippen LogP contribution in [0, 0.1) is 6.92 Å². The molecule has 1 aromatic carbocycles. The predicted octanol–water partition coefficient (Wildman–Crippen LogP) is 3.35. The van der Waals surface area contributed by atoms with Crippen LogP contribution in [0.15, 0.2) is 36.4 Å². The summed E-state index contributed by atoms with van der Waals surface area (Å²) in [6.07, 6.45) is 0.750. The van der Waals surface area contributed by atoms with Crippen LogP contribution in [0.3, 0.4) is 0 Å². The number of aromatic carboxylic acids is 1. The highest BCUT2D eigenvalue weighted by atomic mass is 32.1. The van der Waals surface area contributed by atoms with Crippen LogP contribution in [0.1, 0.15) is 32.1 Å². The van der Waals surface area contributed by atoms with E-state index in [-0.39, 0.29) is 11.5 Å². The van der Waals surface area contributed by atoms with Gasteiger partial charge in [-0.2, -0.15) is 0 Å². The number of amides is 1. The van der Waals surface area contributed by atoms with Crippen molar-refractivity contribution in [2.24, 2.45) is 0 Å². The highest BCUT2D eigenvalue weighted by Gasteiger charge is 2.13.